The minimum absolute atomic E-state index is 0.216. The Morgan fingerprint density at radius 2 is 1.47 bits per heavy atom. The van der Waals surface area contributed by atoms with E-state index in [-0.39, 0.29) is 11.8 Å². The molecule has 1 saturated heterocycles. The molecule has 55 heavy (non-hydrogen) atoms. The molecular weight excluding hydrogens is 702 g/mol. The zero-order valence-electron chi connectivity index (χ0n) is 33.3. The Labute approximate surface area is 326 Å². The highest BCUT2D eigenvalue weighted by molar-refractivity contribution is 6.12. The normalized spacial score (nSPS) is 16.1. The van der Waals surface area contributed by atoms with E-state index in [9.17, 15) is 9.59 Å². The lowest BCUT2D eigenvalue weighted by molar-refractivity contribution is -0.137. The third-order valence-electron chi connectivity index (χ3n) is 9.60. The Bertz CT molecular complexity index is 1630. The van der Waals surface area contributed by atoms with Crippen LogP contribution in [0, 0.1) is 0 Å². The zero-order valence-corrected chi connectivity index (χ0v) is 33.3. The maximum atomic E-state index is 11.7. The molecule has 14 nitrogen and oxygen atoms in total. The number of amides is 2. The van der Waals surface area contributed by atoms with Crippen LogP contribution in [0.15, 0.2) is 47.6 Å². The minimum atomic E-state index is -0.216. The fourth-order valence-corrected chi connectivity index (χ4v) is 6.28. The number of aromatic nitrogens is 1. The van der Waals surface area contributed by atoms with Gasteiger partial charge in [0.1, 0.15) is 11.6 Å². The number of hydrogen-bond acceptors (Lipinski definition) is 11. The Hall–Kier alpha value is -4.05. The first-order chi connectivity index (χ1) is 26.8. The average molecular weight is 766 g/mol. The van der Waals surface area contributed by atoms with Gasteiger partial charge >= 0.3 is 0 Å². The summed E-state index contributed by atoms with van der Waals surface area (Å²) in [5.74, 6) is 1.68. The van der Waals surface area contributed by atoms with Crippen LogP contribution in [0.2, 0.25) is 0 Å². The Balaban J connectivity index is 1.05. The SMILES string of the molecule is C=c1ccn(Cc2ccc(COCCOCCOCCOCCN3CCN(CCN4C(=O)C=CC4=O)CC3)cc2OC)/c1=C(/N=C(/N)CC)NCCCCC. The second-order valence-corrected chi connectivity index (χ2v) is 13.6. The van der Waals surface area contributed by atoms with Crippen LogP contribution >= 0.6 is 0 Å². The first kappa shape index (κ1) is 43.7. The topological polar surface area (TPSA) is 145 Å². The molecule has 14 heteroatoms. The van der Waals surface area contributed by atoms with E-state index in [1.807, 2.05) is 25.3 Å². The number of unbranched alkanes of at least 4 members (excludes halogenated alkanes) is 2. The maximum absolute atomic E-state index is 11.7. The van der Waals surface area contributed by atoms with Crippen molar-refractivity contribution in [2.75, 3.05) is 106 Å². The van der Waals surface area contributed by atoms with Gasteiger partial charge in [-0.15, -0.1) is 0 Å². The number of rotatable bonds is 27. The predicted molar refractivity (Wildman–Crippen MR) is 215 cm³/mol. The molecule has 0 bridgehead atoms. The molecule has 2 aromatic rings. The second kappa shape index (κ2) is 24.5. The van der Waals surface area contributed by atoms with Crippen molar-refractivity contribution in [1.29, 1.82) is 0 Å². The molecule has 0 radical (unpaired) electrons. The highest BCUT2D eigenvalue weighted by Gasteiger charge is 2.24. The van der Waals surface area contributed by atoms with Crippen molar-refractivity contribution in [3.05, 3.63) is 64.3 Å². The van der Waals surface area contributed by atoms with Crippen LogP contribution in [-0.4, -0.2) is 143 Å². The summed E-state index contributed by atoms with van der Waals surface area (Å²) < 4.78 is 30.9. The molecule has 1 fully saturated rings. The molecular formula is C41H63N7O7. The molecule has 1 aromatic heterocycles. The predicted octanol–water partition coefficient (Wildman–Crippen LogP) is 1.68. The molecule has 0 saturated carbocycles. The summed E-state index contributed by atoms with van der Waals surface area (Å²) in [7, 11) is 1.69. The summed E-state index contributed by atoms with van der Waals surface area (Å²) in [6, 6.07) is 8.16. The number of carbonyl (C=O) groups excluding carboxylic acids is 2. The molecule has 304 valence electrons. The number of carbonyl (C=O) groups is 2. The van der Waals surface area contributed by atoms with Gasteiger partial charge in [0.15, 0.2) is 5.82 Å². The summed E-state index contributed by atoms with van der Waals surface area (Å²) in [5, 5.41) is 5.31. The highest BCUT2D eigenvalue weighted by atomic mass is 16.6. The van der Waals surface area contributed by atoms with Gasteiger partial charge in [0.05, 0.1) is 71.9 Å². The number of nitrogens with one attached hydrogen (secondary N) is 1. The minimum Gasteiger partial charge on any atom is -0.496 e. The van der Waals surface area contributed by atoms with Crippen molar-refractivity contribution in [2.45, 2.75) is 52.7 Å². The second-order valence-electron chi connectivity index (χ2n) is 13.6. The third-order valence-corrected chi connectivity index (χ3v) is 9.60. The largest absolute Gasteiger partial charge is 0.496 e. The number of ether oxygens (including phenoxy) is 5. The summed E-state index contributed by atoms with van der Waals surface area (Å²) >= 11 is 0. The monoisotopic (exact) mass is 765 g/mol. The molecule has 2 aliphatic heterocycles. The van der Waals surface area contributed by atoms with Gasteiger partial charge in [0, 0.05) is 82.7 Å². The van der Waals surface area contributed by atoms with Gasteiger partial charge in [-0.1, -0.05) is 45.4 Å². The number of nitrogens with zero attached hydrogens (tertiary/aromatic N) is 5. The van der Waals surface area contributed by atoms with Gasteiger partial charge in [-0.05, 0) is 29.3 Å². The van der Waals surface area contributed by atoms with Gasteiger partial charge < -0.3 is 39.3 Å². The van der Waals surface area contributed by atoms with Gasteiger partial charge in [0.2, 0.25) is 0 Å². The van der Waals surface area contributed by atoms with Crippen molar-refractivity contribution in [1.82, 2.24) is 24.6 Å². The highest BCUT2D eigenvalue weighted by Crippen LogP contribution is 2.21. The van der Waals surface area contributed by atoms with Gasteiger partial charge in [-0.25, -0.2) is 4.99 Å². The average Bonchev–Trinajstić information content (AvgIpc) is 3.72. The number of methoxy groups -OCH3 is 1. The summed E-state index contributed by atoms with van der Waals surface area (Å²) in [6.07, 6.45) is 8.73. The van der Waals surface area contributed by atoms with Crippen LogP contribution in [0.3, 0.4) is 0 Å². The number of amidine groups is 1. The van der Waals surface area contributed by atoms with Crippen molar-refractivity contribution in [3.63, 3.8) is 0 Å². The van der Waals surface area contributed by atoms with E-state index in [0.29, 0.717) is 84.7 Å². The number of benzene rings is 1. The van der Waals surface area contributed by atoms with E-state index in [4.69, 9.17) is 34.4 Å². The lowest BCUT2D eigenvalue weighted by atomic mass is 10.1. The molecule has 0 atom stereocenters. The van der Waals surface area contributed by atoms with Crippen LogP contribution in [0.4, 0.5) is 0 Å². The number of nitrogens with two attached hydrogens (primary N) is 1. The fourth-order valence-electron chi connectivity index (χ4n) is 6.28. The van der Waals surface area contributed by atoms with Crippen LogP contribution in [0.5, 0.6) is 5.75 Å². The molecule has 2 amide bonds. The van der Waals surface area contributed by atoms with Crippen LogP contribution in [0.25, 0.3) is 12.4 Å². The Morgan fingerprint density at radius 3 is 2.11 bits per heavy atom. The molecule has 0 aliphatic carbocycles. The van der Waals surface area contributed by atoms with Crippen LogP contribution in [0.1, 0.15) is 50.7 Å². The maximum Gasteiger partial charge on any atom is 0.253 e. The van der Waals surface area contributed by atoms with Crippen molar-refractivity contribution in [3.8, 4) is 5.75 Å². The quantitative estimate of drug-likeness (QED) is 0.0594. The summed E-state index contributed by atoms with van der Waals surface area (Å²) in [6.45, 7) is 19.7. The van der Waals surface area contributed by atoms with E-state index in [1.54, 1.807) is 7.11 Å². The first-order valence-electron chi connectivity index (χ1n) is 19.7. The molecule has 1 aromatic carbocycles. The van der Waals surface area contributed by atoms with Gasteiger partial charge in [-0.2, -0.15) is 0 Å². The van der Waals surface area contributed by atoms with Crippen LogP contribution in [-0.2, 0) is 41.7 Å². The molecule has 0 spiro atoms. The number of aliphatic imine (C=N–C) groups is 1. The molecule has 3 heterocycles. The summed E-state index contributed by atoms with van der Waals surface area (Å²) in [5.41, 5.74) is 8.22. The molecule has 4 rings (SSSR count). The standard InChI is InChI=1S/C41H63N7O7/c1-5-7-8-14-43-41(44-37(42)6-2)40-33(3)13-15-47(40)31-35-10-9-34(30-36(35)51-4)32-55-29-28-54-27-26-53-25-24-52-23-22-46-18-16-45(17-19-46)20-21-48-38(49)11-12-39(48)50/h9-13,15,30,43H,3,5-8,14,16-29,31-32H2,1-2,4H3,(H2,42,44)/b41-40+. The van der Waals surface area contributed by atoms with E-state index in [1.165, 1.54) is 17.1 Å². The Kier molecular flexibility index (Phi) is 19.4. The fraction of sp³-hybridized carbons (Fsp3) is 0.585. The van der Waals surface area contributed by atoms with E-state index < -0.39 is 0 Å². The van der Waals surface area contributed by atoms with E-state index in [2.05, 4.69) is 45.3 Å². The van der Waals surface area contributed by atoms with E-state index in [0.717, 1.165) is 91.8 Å². The lowest BCUT2D eigenvalue weighted by Crippen LogP contribution is -2.49. The Morgan fingerprint density at radius 1 is 0.836 bits per heavy atom. The number of imide groups is 1. The summed E-state index contributed by atoms with van der Waals surface area (Å²) in [4.78, 5) is 34.1. The molecule has 3 N–H and O–H groups in total. The third kappa shape index (κ3) is 14.8. The first-order valence-corrected chi connectivity index (χ1v) is 19.7. The van der Waals surface area contributed by atoms with Crippen LogP contribution < -0.4 is 26.4 Å². The zero-order chi connectivity index (χ0) is 39.3. The van der Waals surface area contributed by atoms with Gasteiger partial charge in [0.25, 0.3) is 11.8 Å². The van der Waals surface area contributed by atoms with Crippen molar-refractivity contribution in [2.24, 2.45) is 10.7 Å². The smallest absolute Gasteiger partial charge is 0.253 e. The van der Waals surface area contributed by atoms with Crippen molar-refractivity contribution >= 4 is 30.0 Å². The molecule has 0 unspecified atom stereocenters. The number of hydrogen-bond donors (Lipinski definition) is 2. The number of piperazine rings is 1. The van der Waals surface area contributed by atoms with Gasteiger partial charge in [-0.3, -0.25) is 24.3 Å². The van der Waals surface area contributed by atoms with Crippen molar-refractivity contribution < 1.29 is 33.3 Å². The molecule has 2 aliphatic rings. The van der Waals surface area contributed by atoms with E-state index >= 15 is 0 Å². The lowest BCUT2D eigenvalue weighted by Gasteiger charge is -2.35.